The van der Waals surface area contributed by atoms with Crippen LogP contribution in [0.1, 0.15) is 32.6 Å². The van der Waals surface area contributed by atoms with Crippen molar-refractivity contribution in [3.63, 3.8) is 0 Å². The molecule has 0 atom stereocenters. The highest BCUT2D eigenvalue weighted by Gasteiger charge is 2.19. The third-order valence-corrected chi connectivity index (χ3v) is 3.80. The number of hydrogen-bond acceptors (Lipinski definition) is 4. The molecule has 1 aliphatic rings. The summed E-state index contributed by atoms with van der Waals surface area (Å²) in [5, 5.41) is 3.38. The van der Waals surface area contributed by atoms with Gasteiger partial charge < -0.3 is 10.1 Å². The van der Waals surface area contributed by atoms with Crippen LogP contribution in [0.4, 0.5) is 5.95 Å². The average molecular weight is 300 g/mol. The van der Waals surface area contributed by atoms with Gasteiger partial charge >= 0.3 is 0 Å². The molecular weight excluding hydrogens is 282 g/mol. The summed E-state index contributed by atoms with van der Waals surface area (Å²) in [6.07, 6.45) is 6.68. The van der Waals surface area contributed by atoms with Gasteiger partial charge in [0, 0.05) is 6.04 Å². The molecule has 0 unspecified atom stereocenters. The highest BCUT2D eigenvalue weighted by Crippen LogP contribution is 2.26. The Morgan fingerprint density at radius 2 is 2.06 bits per heavy atom. The van der Waals surface area contributed by atoms with Crippen LogP contribution in [0.3, 0.4) is 0 Å². The second kappa shape index (κ2) is 5.67. The minimum Gasteiger partial charge on any atom is -0.480 e. The summed E-state index contributed by atoms with van der Waals surface area (Å²) in [6, 6.07) is 0.497. The van der Waals surface area contributed by atoms with Crippen LogP contribution in [0.2, 0.25) is 0 Å². The molecule has 1 aliphatic carbocycles. The molecule has 1 fully saturated rings. The zero-order valence-corrected chi connectivity index (χ0v) is 11.8. The average Bonchev–Trinajstić information content (AvgIpc) is 2.34. The number of anilines is 1. The maximum absolute atomic E-state index is 5.15. The maximum atomic E-state index is 5.15. The molecule has 1 saturated carbocycles. The van der Waals surface area contributed by atoms with E-state index in [-0.39, 0.29) is 0 Å². The number of nitrogens with zero attached hydrogens (tertiary/aromatic N) is 2. The minimum absolute atomic E-state index is 0.497. The van der Waals surface area contributed by atoms with Gasteiger partial charge in [0.25, 0.3) is 0 Å². The number of aromatic nitrogens is 2. The van der Waals surface area contributed by atoms with E-state index in [1.807, 2.05) is 0 Å². The summed E-state index contributed by atoms with van der Waals surface area (Å²) in [5.41, 5.74) is 0. The van der Waals surface area contributed by atoms with Gasteiger partial charge in [0.1, 0.15) is 0 Å². The number of ether oxygens (including phenoxy) is 1. The van der Waals surface area contributed by atoms with Crippen LogP contribution in [0.25, 0.3) is 0 Å². The first kappa shape index (κ1) is 12.6. The molecule has 5 heteroatoms. The Kier molecular flexibility index (Phi) is 4.20. The molecule has 0 spiro atoms. The van der Waals surface area contributed by atoms with Crippen molar-refractivity contribution in [2.24, 2.45) is 5.92 Å². The number of hydrogen-bond donors (Lipinski definition) is 1. The second-order valence-corrected chi connectivity index (χ2v) is 5.51. The standard InChI is InChI=1S/C12H18BrN3O/c1-8-3-5-9(6-4-8)15-12-14-7-10(13)11(16-12)17-2/h7-9H,3-6H2,1-2H3,(H,14,15,16). The van der Waals surface area contributed by atoms with Gasteiger partial charge in [-0.15, -0.1) is 0 Å². The Morgan fingerprint density at radius 1 is 1.35 bits per heavy atom. The molecule has 4 nitrogen and oxygen atoms in total. The van der Waals surface area contributed by atoms with Gasteiger partial charge in [-0.3, -0.25) is 0 Å². The van der Waals surface area contributed by atoms with E-state index in [4.69, 9.17) is 4.74 Å². The largest absolute Gasteiger partial charge is 0.480 e. The Hall–Kier alpha value is -0.840. The molecule has 17 heavy (non-hydrogen) atoms. The molecule has 0 amide bonds. The summed E-state index contributed by atoms with van der Waals surface area (Å²) in [4.78, 5) is 8.56. The molecule has 94 valence electrons. The third kappa shape index (κ3) is 3.31. The molecular formula is C12H18BrN3O. The molecule has 1 heterocycles. The van der Waals surface area contributed by atoms with Crippen LogP contribution < -0.4 is 10.1 Å². The van der Waals surface area contributed by atoms with Gasteiger partial charge in [-0.05, 0) is 47.5 Å². The lowest BCUT2D eigenvalue weighted by Crippen LogP contribution is -2.26. The zero-order valence-electron chi connectivity index (χ0n) is 10.2. The molecule has 1 aromatic heterocycles. The van der Waals surface area contributed by atoms with Crippen LogP contribution >= 0.6 is 15.9 Å². The van der Waals surface area contributed by atoms with E-state index in [9.17, 15) is 0 Å². The molecule has 2 rings (SSSR count). The molecule has 0 radical (unpaired) electrons. The van der Waals surface area contributed by atoms with Crippen molar-refractivity contribution in [3.8, 4) is 5.88 Å². The van der Waals surface area contributed by atoms with Gasteiger partial charge in [-0.25, -0.2) is 4.98 Å². The predicted molar refractivity (Wildman–Crippen MR) is 71.3 cm³/mol. The Bertz CT molecular complexity index is 378. The van der Waals surface area contributed by atoms with E-state index in [0.29, 0.717) is 17.9 Å². The fourth-order valence-corrected chi connectivity index (χ4v) is 2.50. The van der Waals surface area contributed by atoms with Crippen molar-refractivity contribution in [1.82, 2.24) is 9.97 Å². The predicted octanol–water partition coefficient (Wildman–Crippen LogP) is 3.24. The summed E-state index contributed by atoms with van der Waals surface area (Å²) in [5.74, 6) is 2.09. The van der Waals surface area contributed by atoms with Crippen molar-refractivity contribution in [2.45, 2.75) is 38.6 Å². The van der Waals surface area contributed by atoms with Gasteiger partial charge in [0.2, 0.25) is 11.8 Å². The quantitative estimate of drug-likeness (QED) is 0.931. The first-order chi connectivity index (χ1) is 8.19. The lowest BCUT2D eigenvalue weighted by atomic mass is 9.87. The number of methoxy groups -OCH3 is 1. The third-order valence-electron chi connectivity index (χ3n) is 3.25. The van der Waals surface area contributed by atoms with Crippen molar-refractivity contribution in [1.29, 1.82) is 0 Å². The molecule has 0 aromatic carbocycles. The van der Waals surface area contributed by atoms with E-state index in [1.54, 1.807) is 13.3 Å². The molecule has 0 saturated heterocycles. The number of rotatable bonds is 3. The van der Waals surface area contributed by atoms with Crippen LogP contribution in [-0.4, -0.2) is 23.1 Å². The highest BCUT2D eigenvalue weighted by atomic mass is 79.9. The summed E-state index contributed by atoms with van der Waals surface area (Å²) >= 11 is 3.35. The van der Waals surface area contributed by atoms with Crippen LogP contribution in [0.5, 0.6) is 5.88 Å². The fraction of sp³-hybridized carbons (Fsp3) is 0.667. The first-order valence-corrected chi connectivity index (χ1v) is 6.81. The second-order valence-electron chi connectivity index (χ2n) is 4.65. The number of halogens is 1. The van der Waals surface area contributed by atoms with Crippen LogP contribution in [0.15, 0.2) is 10.7 Å². The highest BCUT2D eigenvalue weighted by molar-refractivity contribution is 9.10. The van der Waals surface area contributed by atoms with Gasteiger partial charge in [0.05, 0.1) is 17.8 Å². The van der Waals surface area contributed by atoms with Gasteiger partial charge in [0.15, 0.2) is 0 Å². The van der Waals surface area contributed by atoms with Crippen molar-refractivity contribution >= 4 is 21.9 Å². The molecule has 0 aliphatic heterocycles. The van der Waals surface area contributed by atoms with E-state index < -0.39 is 0 Å². The lowest BCUT2D eigenvalue weighted by molar-refractivity contribution is 0.359. The van der Waals surface area contributed by atoms with Gasteiger partial charge in [-0.2, -0.15) is 4.98 Å². The van der Waals surface area contributed by atoms with Crippen LogP contribution in [0, 0.1) is 5.92 Å². The molecule has 1 N–H and O–H groups in total. The topological polar surface area (TPSA) is 47.0 Å². The van der Waals surface area contributed by atoms with Crippen molar-refractivity contribution in [2.75, 3.05) is 12.4 Å². The summed E-state index contributed by atoms with van der Waals surface area (Å²) in [6.45, 7) is 2.31. The monoisotopic (exact) mass is 299 g/mol. The van der Waals surface area contributed by atoms with E-state index in [1.165, 1.54) is 25.7 Å². The fourth-order valence-electron chi connectivity index (χ4n) is 2.15. The van der Waals surface area contributed by atoms with E-state index >= 15 is 0 Å². The van der Waals surface area contributed by atoms with Gasteiger partial charge in [-0.1, -0.05) is 6.92 Å². The van der Waals surface area contributed by atoms with E-state index in [2.05, 4.69) is 38.1 Å². The maximum Gasteiger partial charge on any atom is 0.232 e. The Labute approximate surface area is 110 Å². The molecule has 0 bridgehead atoms. The Morgan fingerprint density at radius 3 is 2.71 bits per heavy atom. The summed E-state index contributed by atoms with van der Waals surface area (Å²) in [7, 11) is 1.61. The lowest BCUT2D eigenvalue weighted by Gasteiger charge is -2.26. The van der Waals surface area contributed by atoms with Crippen molar-refractivity contribution < 1.29 is 4.74 Å². The summed E-state index contributed by atoms with van der Waals surface area (Å²) < 4.78 is 5.93. The Balaban J connectivity index is 1.99. The van der Waals surface area contributed by atoms with Crippen molar-refractivity contribution in [3.05, 3.63) is 10.7 Å². The normalized spacial score (nSPS) is 24.4. The smallest absolute Gasteiger partial charge is 0.232 e. The number of nitrogens with one attached hydrogen (secondary N) is 1. The first-order valence-electron chi connectivity index (χ1n) is 6.02. The zero-order chi connectivity index (χ0) is 12.3. The molecule has 1 aromatic rings. The van der Waals surface area contributed by atoms with Crippen LogP contribution in [-0.2, 0) is 0 Å². The minimum atomic E-state index is 0.497. The van der Waals surface area contributed by atoms with E-state index in [0.717, 1.165) is 10.4 Å². The SMILES string of the molecule is COc1nc(NC2CCC(C)CC2)ncc1Br.